The molecule has 0 spiro atoms. The van der Waals surface area contributed by atoms with Crippen LogP contribution in [0.3, 0.4) is 0 Å². The Balaban J connectivity index is 0.000000771. The highest BCUT2D eigenvalue weighted by Crippen LogP contribution is 2.27. The van der Waals surface area contributed by atoms with Crippen molar-refractivity contribution in [2.45, 2.75) is 20.0 Å². The van der Waals surface area contributed by atoms with Crippen molar-refractivity contribution in [2.75, 3.05) is 20.7 Å². The summed E-state index contributed by atoms with van der Waals surface area (Å²) < 4.78 is 24.4. The van der Waals surface area contributed by atoms with Gasteiger partial charge in [0.05, 0.1) is 12.4 Å². The minimum atomic E-state index is -0.343. The van der Waals surface area contributed by atoms with Gasteiger partial charge in [-0.25, -0.2) is 4.39 Å². The molecule has 1 atom stereocenters. The average Bonchev–Trinajstić information content (AvgIpc) is 2.89. The zero-order chi connectivity index (χ0) is 13.5. The van der Waals surface area contributed by atoms with E-state index < -0.39 is 0 Å². The standard InChI is InChI=1S/C12H14FNO2.C2H6/c1-14-7-10(15-2)9-4-3-8-5-6-16-12(8)11(9)13;1-2/h3-6,10,14H,7H2,1-2H3;1-2H3. The van der Waals surface area contributed by atoms with Gasteiger partial charge in [-0.15, -0.1) is 0 Å². The maximum atomic E-state index is 14.1. The number of methoxy groups -OCH3 is 1. The first kappa shape index (κ1) is 14.7. The van der Waals surface area contributed by atoms with Crippen molar-refractivity contribution >= 4 is 11.0 Å². The molecule has 0 aliphatic heterocycles. The van der Waals surface area contributed by atoms with E-state index in [1.165, 1.54) is 6.26 Å². The predicted octanol–water partition coefficient (Wildman–Crippen LogP) is 3.51. The Labute approximate surface area is 107 Å². The lowest BCUT2D eigenvalue weighted by Gasteiger charge is -2.15. The van der Waals surface area contributed by atoms with Gasteiger partial charge in [-0.1, -0.05) is 26.0 Å². The van der Waals surface area contributed by atoms with Crippen molar-refractivity contribution in [3.63, 3.8) is 0 Å². The zero-order valence-electron chi connectivity index (χ0n) is 11.3. The summed E-state index contributed by atoms with van der Waals surface area (Å²) in [5.41, 5.74) is 0.801. The quantitative estimate of drug-likeness (QED) is 0.905. The van der Waals surface area contributed by atoms with Crippen LogP contribution in [0.15, 0.2) is 28.9 Å². The molecule has 0 radical (unpaired) electrons. The number of rotatable bonds is 4. The Bertz CT molecular complexity index is 482. The van der Waals surface area contributed by atoms with Crippen LogP contribution in [0.2, 0.25) is 0 Å². The van der Waals surface area contributed by atoms with E-state index >= 15 is 0 Å². The minimum absolute atomic E-state index is 0.288. The summed E-state index contributed by atoms with van der Waals surface area (Å²) in [6.07, 6.45) is 1.18. The second kappa shape index (κ2) is 7.13. The molecule has 0 aliphatic carbocycles. The van der Waals surface area contributed by atoms with Gasteiger partial charge in [-0.05, 0) is 13.1 Å². The molecule has 0 saturated carbocycles. The first-order valence-corrected chi connectivity index (χ1v) is 6.11. The molecule has 2 aromatic rings. The monoisotopic (exact) mass is 253 g/mol. The number of nitrogens with one attached hydrogen (secondary N) is 1. The number of likely N-dealkylation sites (N-methyl/N-ethyl adjacent to an activating group) is 1. The molecule has 3 nitrogen and oxygen atoms in total. The Kier molecular flexibility index (Phi) is 5.82. The number of hydrogen-bond acceptors (Lipinski definition) is 3. The van der Waals surface area contributed by atoms with Crippen molar-refractivity contribution in [2.24, 2.45) is 0 Å². The minimum Gasteiger partial charge on any atom is -0.461 e. The zero-order valence-corrected chi connectivity index (χ0v) is 11.3. The van der Waals surface area contributed by atoms with Gasteiger partial charge in [0.15, 0.2) is 11.4 Å². The Morgan fingerprint density at radius 3 is 2.67 bits per heavy atom. The van der Waals surface area contributed by atoms with Crippen molar-refractivity contribution in [1.82, 2.24) is 5.32 Å². The fourth-order valence-corrected chi connectivity index (χ4v) is 1.77. The van der Waals surface area contributed by atoms with Crippen LogP contribution in [0.25, 0.3) is 11.0 Å². The predicted molar refractivity (Wildman–Crippen MR) is 71.2 cm³/mol. The van der Waals surface area contributed by atoms with E-state index in [4.69, 9.17) is 9.15 Å². The van der Waals surface area contributed by atoms with Crippen LogP contribution >= 0.6 is 0 Å². The van der Waals surface area contributed by atoms with Gasteiger partial charge in [0.1, 0.15) is 0 Å². The van der Waals surface area contributed by atoms with E-state index in [-0.39, 0.29) is 17.5 Å². The number of hydrogen-bond donors (Lipinski definition) is 1. The lowest BCUT2D eigenvalue weighted by molar-refractivity contribution is 0.101. The largest absolute Gasteiger partial charge is 0.461 e. The van der Waals surface area contributed by atoms with E-state index in [2.05, 4.69) is 5.32 Å². The van der Waals surface area contributed by atoms with Gasteiger partial charge in [-0.3, -0.25) is 0 Å². The first-order chi connectivity index (χ1) is 8.77. The van der Waals surface area contributed by atoms with E-state index in [9.17, 15) is 4.39 Å². The van der Waals surface area contributed by atoms with Crippen LogP contribution in [0.4, 0.5) is 4.39 Å². The molecule has 0 bridgehead atoms. The lowest BCUT2D eigenvalue weighted by atomic mass is 10.1. The van der Waals surface area contributed by atoms with E-state index in [0.29, 0.717) is 12.1 Å². The molecule has 0 amide bonds. The number of fused-ring (bicyclic) bond motifs is 1. The molecule has 18 heavy (non-hydrogen) atoms. The summed E-state index contributed by atoms with van der Waals surface area (Å²) in [4.78, 5) is 0. The van der Waals surface area contributed by atoms with Gasteiger partial charge >= 0.3 is 0 Å². The maximum Gasteiger partial charge on any atom is 0.172 e. The van der Waals surface area contributed by atoms with Crippen LogP contribution in [0, 0.1) is 5.82 Å². The maximum absolute atomic E-state index is 14.1. The van der Waals surface area contributed by atoms with Crippen molar-refractivity contribution < 1.29 is 13.5 Å². The summed E-state index contributed by atoms with van der Waals surface area (Å²) >= 11 is 0. The summed E-state index contributed by atoms with van der Waals surface area (Å²) in [7, 11) is 3.36. The fraction of sp³-hybridized carbons (Fsp3) is 0.429. The Morgan fingerprint density at radius 1 is 1.33 bits per heavy atom. The molecule has 2 rings (SSSR count). The fourth-order valence-electron chi connectivity index (χ4n) is 1.77. The van der Waals surface area contributed by atoms with Crippen LogP contribution in [-0.2, 0) is 4.74 Å². The average molecular weight is 253 g/mol. The molecule has 1 N–H and O–H groups in total. The second-order valence-electron chi connectivity index (χ2n) is 3.59. The second-order valence-corrected chi connectivity index (χ2v) is 3.59. The topological polar surface area (TPSA) is 34.4 Å². The third kappa shape index (κ3) is 2.89. The van der Waals surface area contributed by atoms with Crippen molar-refractivity contribution in [3.05, 3.63) is 35.8 Å². The lowest BCUT2D eigenvalue weighted by Crippen LogP contribution is -2.19. The van der Waals surface area contributed by atoms with Crippen molar-refractivity contribution in [1.29, 1.82) is 0 Å². The summed E-state index contributed by atoms with van der Waals surface area (Å²) in [6, 6.07) is 5.31. The Hall–Kier alpha value is -1.39. The number of furan rings is 1. The highest BCUT2D eigenvalue weighted by Gasteiger charge is 2.17. The molecule has 1 unspecified atom stereocenters. The normalized spacial score (nSPS) is 12.1. The van der Waals surface area contributed by atoms with Gasteiger partial charge in [0, 0.05) is 24.6 Å². The first-order valence-electron chi connectivity index (χ1n) is 6.11. The third-order valence-corrected chi connectivity index (χ3v) is 2.61. The van der Waals surface area contributed by atoms with Gasteiger partial charge in [-0.2, -0.15) is 0 Å². The Morgan fingerprint density at radius 2 is 2.06 bits per heavy atom. The van der Waals surface area contributed by atoms with Crippen LogP contribution < -0.4 is 5.32 Å². The molecule has 1 heterocycles. The molecule has 0 saturated heterocycles. The van der Waals surface area contributed by atoms with Gasteiger partial charge in [0.2, 0.25) is 0 Å². The SMILES string of the molecule is CC.CNCC(OC)c1ccc2ccoc2c1F. The molecule has 0 fully saturated rings. The molecule has 4 heteroatoms. The highest BCUT2D eigenvalue weighted by atomic mass is 19.1. The summed E-state index contributed by atoms with van der Waals surface area (Å²) in [5.74, 6) is -0.343. The van der Waals surface area contributed by atoms with E-state index in [1.54, 1.807) is 26.3 Å². The van der Waals surface area contributed by atoms with Crippen LogP contribution in [0.1, 0.15) is 25.5 Å². The molecule has 1 aromatic heterocycles. The number of ether oxygens (including phenoxy) is 1. The molecule has 1 aromatic carbocycles. The van der Waals surface area contributed by atoms with Gasteiger partial charge < -0.3 is 14.5 Å². The molecular formula is C14H20FNO2. The number of benzene rings is 1. The molecular weight excluding hydrogens is 233 g/mol. The summed E-state index contributed by atoms with van der Waals surface area (Å²) in [6.45, 7) is 4.56. The molecule has 100 valence electrons. The van der Waals surface area contributed by atoms with Crippen molar-refractivity contribution in [3.8, 4) is 0 Å². The highest BCUT2D eigenvalue weighted by molar-refractivity contribution is 5.78. The smallest absolute Gasteiger partial charge is 0.172 e. The van der Waals surface area contributed by atoms with Crippen LogP contribution in [-0.4, -0.2) is 20.7 Å². The number of halogens is 1. The third-order valence-electron chi connectivity index (χ3n) is 2.61. The van der Waals surface area contributed by atoms with E-state index in [0.717, 1.165) is 5.39 Å². The molecule has 0 aliphatic rings. The van der Waals surface area contributed by atoms with E-state index in [1.807, 2.05) is 19.9 Å². The van der Waals surface area contributed by atoms with Crippen LogP contribution in [0.5, 0.6) is 0 Å². The summed E-state index contributed by atoms with van der Waals surface area (Å²) in [5, 5.41) is 3.73. The van der Waals surface area contributed by atoms with Gasteiger partial charge in [0.25, 0.3) is 0 Å².